The zero-order chi connectivity index (χ0) is 9.97. The standard InChI is InChI=1S/C10H9IN2O/c1-7-12-10(14-13-7)6-8-3-2-4-9(11)5-8/h2-5H,6H2,1H3. The minimum Gasteiger partial charge on any atom is -0.339 e. The van der Waals surface area contributed by atoms with Crippen LogP contribution in [0.3, 0.4) is 0 Å². The molecule has 0 saturated heterocycles. The lowest BCUT2D eigenvalue weighted by Crippen LogP contribution is -1.88. The maximum Gasteiger partial charge on any atom is 0.231 e. The molecular weight excluding hydrogens is 291 g/mol. The second-order valence-corrected chi connectivity index (χ2v) is 4.29. The van der Waals surface area contributed by atoms with Gasteiger partial charge in [0, 0.05) is 3.57 Å². The first-order valence-electron chi connectivity index (χ1n) is 4.27. The third kappa shape index (κ3) is 2.31. The summed E-state index contributed by atoms with van der Waals surface area (Å²) in [5, 5.41) is 3.75. The van der Waals surface area contributed by atoms with Crippen molar-refractivity contribution in [2.45, 2.75) is 13.3 Å². The molecule has 0 spiro atoms. The maximum atomic E-state index is 5.04. The van der Waals surface area contributed by atoms with Gasteiger partial charge in [-0.3, -0.25) is 0 Å². The molecule has 0 N–H and O–H groups in total. The van der Waals surface area contributed by atoms with E-state index in [-0.39, 0.29) is 0 Å². The van der Waals surface area contributed by atoms with Gasteiger partial charge in [0.05, 0.1) is 6.42 Å². The highest BCUT2D eigenvalue weighted by Crippen LogP contribution is 2.11. The lowest BCUT2D eigenvalue weighted by molar-refractivity contribution is 0.381. The largest absolute Gasteiger partial charge is 0.339 e. The molecule has 2 rings (SSSR count). The Balaban J connectivity index is 2.18. The molecule has 1 aromatic carbocycles. The first-order valence-corrected chi connectivity index (χ1v) is 5.35. The van der Waals surface area contributed by atoms with E-state index in [2.05, 4.69) is 50.9 Å². The van der Waals surface area contributed by atoms with Crippen molar-refractivity contribution < 1.29 is 4.52 Å². The van der Waals surface area contributed by atoms with E-state index < -0.39 is 0 Å². The summed E-state index contributed by atoms with van der Waals surface area (Å²) in [5.41, 5.74) is 1.19. The van der Waals surface area contributed by atoms with Gasteiger partial charge in [-0.15, -0.1) is 0 Å². The number of hydrogen-bond acceptors (Lipinski definition) is 3. The molecule has 72 valence electrons. The summed E-state index contributed by atoms with van der Waals surface area (Å²) in [5.74, 6) is 1.36. The van der Waals surface area contributed by atoms with E-state index in [1.165, 1.54) is 9.13 Å². The number of aromatic nitrogens is 2. The molecule has 0 saturated carbocycles. The summed E-state index contributed by atoms with van der Waals surface area (Å²) >= 11 is 2.29. The molecule has 0 fully saturated rings. The highest BCUT2D eigenvalue weighted by Gasteiger charge is 2.03. The molecule has 2 aromatic rings. The summed E-state index contributed by atoms with van der Waals surface area (Å²) in [6, 6.07) is 8.26. The molecule has 0 aliphatic carbocycles. The zero-order valence-corrected chi connectivity index (χ0v) is 9.85. The van der Waals surface area contributed by atoms with Crippen molar-refractivity contribution in [3.05, 3.63) is 45.1 Å². The van der Waals surface area contributed by atoms with Gasteiger partial charge in [-0.05, 0) is 47.2 Å². The van der Waals surface area contributed by atoms with Gasteiger partial charge in [-0.2, -0.15) is 4.98 Å². The average molecular weight is 300 g/mol. The fourth-order valence-electron chi connectivity index (χ4n) is 1.23. The number of nitrogens with zero attached hydrogens (tertiary/aromatic N) is 2. The van der Waals surface area contributed by atoms with E-state index >= 15 is 0 Å². The van der Waals surface area contributed by atoms with Crippen molar-refractivity contribution in [1.82, 2.24) is 10.1 Å². The quantitative estimate of drug-likeness (QED) is 0.800. The van der Waals surface area contributed by atoms with Crippen molar-refractivity contribution in [3.8, 4) is 0 Å². The van der Waals surface area contributed by atoms with Crippen LogP contribution in [0, 0.1) is 10.5 Å². The van der Waals surface area contributed by atoms with Crippen LogP contribution in [0.4, 0.5) is 0 Å². The van der Waals surface area contributed by atoms with E-state index in [1.807, 2.05) is 13.0 Å². The Bertz CT molecular complexity index is 439. The Hall–Kier alpha value is -0.910. The third-order valence-electron chi connectivity index (χ3n) is 1.81. The number of rotatable bonds is 2. The lowest BCUT2D eigenvalue weighted by Gasteiger charge is -1.96. The van der Waals surface area contributed by atoms with Crippen LogP contribution in [0.2, 0.25) is 0 Å². The summed E-state index contributed by atoms with van der Waals surface area (Å²) in [4.78, 5) is 4.16. The van der Waals surface area contributed by atoms with Crippen molar-refractivity contribution in [2.24, 2.45) is 0 Å². The second-order valence-electron chi connectivity index (χ2n) is 3.04. The topological polar surface area (TPSA) is 38.9 Å². The minimum atomic E-state index is 0.671. The molecule has 1 aromatic heterocycles. The van der Waals surface area contributed by atoms with Gasteiger partial charge in [0.1, 0.15) is 0 Å². The van der Waals surface area contributed by atoms with Crippen molar-refractivity contribution >= 4 is 22.6 Å². The van der Waals surface area contributed by atoms with Crippen LogP contribution < -0.4 is 0 Å². The van der Waals surface area contributed by atoms with Crippen LogP contribution >= 0.6 is 22.6 Å². The van der Waals surface area contributed by atoms with Gasteiger partial charge in [-0.25, -0.2) is 0 Å². The predicted molar refractivity (Wildman–Crippen MR) is 61.0 cm³/mol. The molecule has 0 unspecified atom stereocenters. The molecule has 0 atom stereocenters. The molecule has 14 heavy (non-hydrogen) atoms. The number of hydrogen-bond donors (Lipinski definition) is 0. The molecular formula is C10H9IN2O. The fourth-order valence-corrected chi connectivity index (χ4v) is 1.84. The third-order valence-corrected chi connectivity index (χ3v) is 2.49. The normalized spacial score (nSPS) is 10.4. The summed E-state index contributed by atoms with van der Waals surface area (Å²) < 4.78 is 6.26. The van der Waals surface area contributed by atoms with E-state index in [4.69, 9.17) is 4.52 Å². The number of halogens is 1. The van der Waals surface area contributed by atoms with Crippen LogP contribution in [0.5, 0.6) is 0 Å². The average Bonchev–Trinajstić information content (AvgIpc) is 2.51. The van der Waals surface area contributed by atoms with Crippen LogP contribution in [-0.2, 0) is 6.42 Å². The SMILES string of the molecule is Cc1noc(Cc2cccc(I)c2)n1. The minimum absolute atomic E-state index is 0.671. The van der Waals surface area contributed by atoms with Crippen LogP contribution in [0.15, 0.2) is 28.8 Å². The highest BCUT2D eigenvalue weighted by atomic mass is 127. The molecule has 3 nitrogen and oxygen atoms in total. The maximum absolute atomic E-state index is 5.04. The Morgan fingerprint density at radius 2 is 2.29 bits per heavy atom. The first kappa shape index (κ1) is 9.64. The molecule has 1 heterocycles. The first-order chi connectivity index (χ1) is 6.74. The predicted octanol–water partition coefficient (Wildman–Crippen LogP) is 2.57. The molecule has 0 amide bonds. The Kier molecular flexibility index (Phi) is 2.81. The van der Waals surface area contributed by atoms with Crippen LogP contribution in [0.25, 0.3) is 0 Å². The van der Waals surface area contributed by atoms with Gasteiger partial charge in [0.2, 0.25) is 5.89 Å². The lowest BCUT2D eigenvalue weighted by atomic mass is 10.1. The van der Waals surface area contributed by atoms with Gasteiger partial charge < -0.3 is 4.52 Å². The van der Waals surface area contributed by atoms with Gasteiger partial charge in [0.15, 0.2) is 5.82 Å². The summed E-state index contributed by atoms with van der Waals surface area (Å²) in [6.45, 7) is 1.82. The Morgan fingerprint density at radius 1 is 1.43 bits per heavy atom. The van der Waals surface area contributed by atoms with E-state index in [0.29, 0.717) is 18.1 Å². The Morgan fingerprint density at radius 3 is 2.93 bits per heavy atom. The Labute approximate surface area is 95.7 Å². The molecule has 0 aliphatic rings. The highest BCUT2D eigenvalue weighted by molar-refractivity contribution is 14.1. The zero-order valence-electron chi connectivity index (χ0n) is 7.70. The van der Waals surface area contributed by atoms with Crippen molar-refractivity contribution in [1.29, 1.82) is 0 Å². The van der Waals surface area contributed by atoms with Gasteiger partial charge >= 0.3 is 0 Å². The van der Waals surface area contributed by atoms with Crippen LogP contribution in [0.1, 0.15) is 17.3 Å². The molecule has 0 aliphatic heterocycles. The molecule has 0 bridgehead atoms. The van der Waals surface area contributed by atoms with E-state index in [0.717, 1.165) is 0 Å². The fraction of sp³-hybridized carbons (Fsp3) is 0.200. The van der Waals surface area contributed by atoms with Gasteiger partial charge in [-0.1, -0.05) is 17.3 Å². The monoisotopic (exact) mass is 300 g/mol. The smallest absolute Gasteiger partial charge is 0.231 e. The summed E-state index contributed by atoms with van der Waals surface area (Å²) in [6.07, 6.45) is 0.706. The number of benzene rings is 1. The molecule has 0 radical (unpaired) electrons. The van der Waals surface area contributed by atoms with Crippen molar-refractivity contribution in [3.63, 3.8) is 0 Å². The number of aryl methyl sites for hydroxylation is 1. The van der Waals surface area contributed by atoms with E-state index in [1.54, 1.807) is 0 Å². The second kappa shape index (κ2) is 4.08. The molecule has 4 heteroatoms. The summed E-state index contributed by atoms with van der Waals surface area (Å²) in [7, 11) is 0. The van der Waals surface area contributed by atoms with E-state index in [9.17, 15) is 0 Å². The van der Waals surface area contributed by atoms with Gasteiger partial charge in [0.25, 0.3) is 0 Å². The van der Waals surface area contributed by atoms with Crippen LogP contribution in [-0.4, -0.2) is 10.1 Å². The van der Waals surface area contributed by atoms with Crippen molar-refractivity contribution in [2.75, 3.05) is 0 Å².